The number of carbonyl (C=O) groups excluding carboxylic acids is 2. The monoisotopic (exact) mass is 502 g/mol. The Kier molecular flexibility index (Phi) is 6.16. The van der Waals surface area contributed by atoms with E-state index in [1.54, 1.807) is 43.5 Å². The van der Waals surface area contributed by atoms with Crippen molar-refractivity contribution in [1.82, 2.24) is 9.88 Å². The highest BCUT2D eigenvalue weighted by Crippen LogP contribution is 2.40. The number of phenols is 1. The number of aromatic nitrogens is 1. The van der Waals surface area contributed by atoms with Crippen molar-refractivity contribution in [3.63, 3.8) is 0 Å². The summed E-state index contributed by atoms with van der Waals surface area (Å²) >= 11 is 5.98. The molecule has 1 amide bonds. The Balaban J connectivity index is 1.55. The van der Waals surface area contributed by atoms with Crippen LogP contribution in [0.1, 0.15) is 22.7 Å². The van der Waals surface area contributed by atoms with E-state index in [4.69, 9.17) is 16.3 Å². The minimum atomic E-state index is -0.818. The number of nitrogens with one attached hydrogen (secondary N) is 1. The number of aromatic amines is 1. The average molecular weight is 503 g/mol. The molecule has 0 radical (unpaired) electrons. The number of aliphatic hydroxyl groups is 1. The Hall–Kier alpha value is -4.23. The lowest BCUT2D eigenvalue weighted by molar-refractivity contribution is -0.139. The first-order valence-electron chi connectivity index (χ1n) is 11.3. The summed E-state index contributed by atoms with van der Waals surface area (Å²) in [6.45, 7) is 0.234. The lowest BCUT2D eigenvalue weighted by Gasteiger charge is -2.25. The fourth-order valence-corrected chi connectivity index (χ4v) is 4.74. The molecular formula is C28H23ClN2O5. The van der Waals surface area contributed by atoms with Gasteiger partial charge in [0.2, 0.25) is 0 Å². The first-order chi connectivity index (χ1) is 17.4. The maximum Gasteiger partial charge on any atom is 0.295 e. The SMILES string of the molecule is COc1ccc2[nH]cc(CCN3C(=O)C(=O)C(=C(O)c4ccc(Cl)cc4)[C@@H]3c3ccc(O)cc3)c2c1. The van der Waals surface area contributed by atoms with Crippen LogP contribution in [0.5, 0.6) is 11.5 Å². The second kappa shape index (κ2) is 9.43. The van der Waals surface area contributed by atoms with Crippen LogP contribution in [0.4, 0.5) is 0 Å². The van der Waals surface area contributed by atoms with Crippen molar-refractivity contribution >= 4 is 40.0 Å². The van der Waals surface area contributed by atoms with Crippen molar-refractivity contribution in [1.29, 1.82) is 0 Å². The highest BCUT2D eigenvalue weighted by Gasteiger charge is 2.45. The number of amides is 1. The molecule has 7 nitrogen and oxygen atoms in total. The van der Waals surface area contributed by atoms with Gasteiger partial charge in [0.15, 0.2) is 0 Å². The standard InChI is InChI=1S/C28H23ClN2O5/c1-36-21-10-11-23-22(14-21)18(15-30-23)12-13-31-25(16-4-8-20(32)9-5-16)24(27(34)28(31)35)26(33)17-2-6-19(29)7-3-17/h2-11,14-15,25,30,32-33H,12-13H2,1H3/t25-/m0/s1. The van der Waals surface area contributed by atoms with Crippen LogP contribution in [0.2, 0.25) is 5.02 Å². The summed E-state index contributed by atoms with van der Waals surface area (Å²) in [5, 5.41) is 22.4. The van der Waals surface area contributed by atoms with Crippen LogP contribution in [0.15, 0.2) is 78.5 Å². The van der Waals surface area contributed by atoms with Gasteiger partial charge in [-0.3, -0.25) is 9.59 Å². The zero-order valence-corrected chi connectivity index (χ0v) is 20.1. The van der Waals surface area contributed by atoms with Crippen molar-refractivity contribution in [2.45, 2.75) is 12.5 Å². The Bertz CT molecular complexity index is 1490. The van der Waals surface area contributed by atoms with Crippen LogP contribution in [-0.4, -0.2) is 45.4 Å². The molecule has 1 atom stereocenters. The summed E-state index contributed by atoms with van der Waals surface area (Å²) in [5.41, 5.74) is 2.88. The number of ketones is 1. The number of carbonyl (C=O) groups is 2. The van der Waals surface area contributed by atoms with Crippen molar-refractivity contribution in [2.75, 3.05) is 13.7 Å². The Morgan fingerprint density at radius 3 is 2.47 bits per heavy atom. The number of Topliss-reactive ketones (excluding diaryl/α,β-unsaturated/α-hetero) is 1. The molecule has 3 N–H and O–H groups in total. The molecule has 1 fully saturated rings. The van der Waals surface area contributed by atoms with Gasteiger partial charge in [0.25, 0.3) is 11.7 Å². The molecule has 36 heavy (non-hydrogen) atoms. The number of ether oxygens (including phenoxy) is 1. The molecule has 5 rings (SSSR count). The third-order valence-electron chi connectivity index (χ3n) is 6.46. The van der Waals surface area contributed by atoms with Gasteiger partial charge in [0, 0.05) is 34.2 Å². The molecule has 3 aromatic carbocycles. The Morgan fingerprint density at radius 1 is 1.06 bits per heavy atom. The molecule has 1 aromatic heterocycles. The summed E-state index contributed by atoms with van der Waals surface area (Å²) in [5.74, 6) is -0.957. The largest absolute Gasteiger partial charge is 0.508 e. The van der Waals surface area contributed by atoms with Gasteiger partial charge in [0.05, 0.1) is 18.7 Å². The summed E-state index contributed by atoms with van der Waals surface area (Å²) < 4.78 is 5.34. The van der Waals surface area contributed by atoms with E-state index in [-0.39, 0.29) is 23.6 Å². The molecule has 0 bridgehead atoms. The molecule has 8 heteroatoms. The molecule has 0 spiro atoms. The summed E-state index contributed by atoms with van der Waals surface area (Å²) in [7, 11) is 1.60. The molecule has 1 saturated heterocycles. The van der Waals surface area contributed by atoms with Gasteiger partial charge >= 0.3 is 0 Å². The van der Waals surface area contributed by atoms with E-state index < -0.39 is 17.7 Å². The number of hydrogen-bond acceptors (Lipinski definition) is 5. The zero-order valence-electron chi connectivity index (χ0n) is 19.4. The lowest BCUT2D eigenvalue weighted by Crippen LogP contribution is -2.31. The first-order valence-corrected chi connectivity index (χ1v) is 11.7. The summed E-state index contributed by atoms with van der Waals surface area (Å²) in [6.07, 6.45) is 2.35. The van der Waals surface area contributed by atoms with Gasteiger partial charge in [-0.2, -0.15) is 0 Å². The van der Waals surface area contributed by atoms with Crippen LogP contribution in [0, 0.1) is 0 Å². The predicted octanol–water partition coefficient (Wildman–Crippen LogP) is 5.20. The van der Waals surface area contributed by atoms with E-state index in [0.717, 1.165) is 22.2 Å². The molecule has 1 aliphatic heterocycles. The highest BCUT2D eigenvalue weighted by atomic mass is 35.5. The van der Waals surface area contributed by atoms with Crippen molar-refractivity contribution < 1.29 is 24.5 Å². The second-order valence-corrected chi connectivity index (χ2v) is 9.00. The molecule has 0 unspecified atom stereocenters. The number of hydrogen-bond donors (Lipinski definition) is 3. The molecule has 182 valence electrons. The van der Waals surface area contributed by atoms with E-state index in [9.17, 15) is 19.8 Å². The van der Waals surface area contributed by atoms with Gasteiger partial charge in [-0.15, -0.1) is 0 Å². The number of aliphatic hydroxyl groups excluding tert-OH is 1. The Labute approximate surface area is 212 Å². The number of rotatable bonds is 6. The van der Waals surface area contributed by atoms with Crippen molar-refractivity contribution in [3.05, 3.63) is 100 Å². The number of benzene rings is 3. The molecule has 4 aromatic rings. The third-order valence-corrected chi connectivity index (χ3v) is 6.72. The number of H-pyrrole nitrogens is 1. The number of likely N-dealkylation sites (tertiary alicyclic amines) is 1. The van der Waals surface area contributed by atoms with Crippen molar-refractivity contribution in [2.24, 2.45) is 0 Å². The summed E-state index contributed by atoms with van der Waals surface area (Å²) in [4.78, 5) is 31.1. The van der Waals surface area contributed by atoms with Gasteiger partial charge in [-0.25, -0.2) is 0 Å². The lowest BCUT2D eigenvalue weighted by atomic mass is 9.95. The van der Waals surface area contributed by atoms with Crippen LogP contribution in [-0.2, 0) is 16.0 Å². The van der Waals surface area contributed by atoms with E-state index in [1.807, 2.05) is 24.4 Å². The van der Waals surface area contributed by atoms with Crippen LogP contribution in [0.25, 0.3) is 16.7 Å². The number of phenolic OH excluding ortho intramolecular Hbond substituents is 1. The Morgan fingerprint density at radius 2 is 1.78 bits per heavy atom. The van der Waals surface area contributed by atoms with E-state index in [0.29, 0.717) is 22.6 Å². The van der Waals surface area contributed by atoms with Crippen molar-refractivity contribution in [3.8, 4) is 11.5 Å². The third kappa shape index (κ3) is 4.18. The fourth-order valence-electron chi connectivity index (χ4n) is 4.61. The van der Waals surface area contributed by atoms with Crippen LogP contribution >= 0.6 is 11.6 Å². The minimum absolute atomic E-state index is 0.00592. The molecule has 2 heterocycles. The van der Waals surface area contributed by atoms with E-state index >= 15 is 0 Å². The number of methoxy groups -OCH3 is 1. The smallest absolute Gasteiger partial charge is 0.295 e. The van der Waals surface area contributed by atoms with E-state index in [1.165, 1.54) is 17.0 Å². The number of aromatic hydroxyl groups is 1. The molecular weight excluding hydrogens is 480 g/mol. The van der Waals surface area contributed by atoms with Gasteiger partial charge in [-0.1, -0.05) is 23.7 Å². The first kappa shape index (κ1) is 23.5. The topological polar surface area (TPSA) is 103 Å². The average Bonchev–Trinajstić information content (AvgIpc) is 3.40. The number of fused-ring (bicyclic) bond motifs is 1. The second-order valence-electron chi connectivity index (χ2n) is 8.57. The number of halogens is 1. The minimum Gasteiger partial charge on any atom is -0.508 e. The summed E-state index contributed by atoms with van der Waals surface area (Å²) in [6, 6.07) is 17.6. The van der Waals surface area contributed by atoms with Gasteiger partial charge in [-0.05, 0) is 72.1 Å². The molecule has 1 aliphatic rings. The maximum absolute atomic E-state index is 13.2. The fraction of sp³-hybridized carbons (Fsp3) is 0.143. The zero-order chi connectivity index (χ0) is 25.4. The molecule has 0 aliphatic carbocycles. The van der Waals surface area contributed by atoms with Gasteiger partial charge < -0.3 is 24.8 Å². The maximum atomic E-state index is 13.2. The van der Waals surface area contributed by atoms with E-state index in [2.05, 4.69) is 4.98 Å². The quantitative estimate of drug-likeness (QED) is 0.191. The van der Waals surface area contributed by atoms with Gasteiger partial charge in [0.1, 0.15) is 17.3 Å². The number of nitrogens with zero attached hydrogens (tertiary/aromatic N) is 1. The normalized spacial score (nSPS) is 17.2. The highest BCUT2D eigenvalue weighted by molar-refractivity contribution is 6.46. The van der Waals surface area contributed by atoms with Crippen LogP contribution < -0.4 is 4.74 Å². The predicted molar refractivity (Wildman–Crippen MR) is 137 cm³/mol. The molecule has 0 saturated carbocycles. The van der Waals surface area contributed by atoms with Crippen LogP contribution in [0.3, 0.4) is 0 Å².